The van der Waals surface area contributed by atoms with Gasteiger partial charge in [-0.25, -0.2) is 0 Å². The summed E-state index contributed by atoms with van der Waals surface area (Å²) in [5, 5.41) is 3.32. The van der Waals surface area contributed by atoms with E-state index < -0.39 is 0 Å². The number of H-pyrrole nitrogens is 1. The topological polar surface area (TPSA) is 33.8 Å². The molecule has 4 nitrogen and oxygen atoms in total. The standard InChI is InChI=1S/C21H17N3OS/c1-25-19-14-12-16(13-15-19)20-23(17-8-4-2-5-9-17)21(26)22-24(20)18-10-6-3-7-11-18/h2-15H,1H3/p+1. The zero-order valence-corrected chi connectivity index (χ0v) is 15.1. The lowest BCUT2D eigenvalue weighted by Gasteiger charge is -2.06. The fourth-order valence-corrected chi connectivity index (χ4v) is 3.26. The first-order valence-electron chi connectivity index (χ1n) is 8.30. The number of benzene rings is 3. The second-order valence-corrected chi connectivity index (χ2v) is 6.20. The molecule has 5 heteroatoms. The van der Waals surface area contributed by atoms with Crippen molar-refractivity contribution in [2.75, 3.05) is 7.11 Å². The smallest absolute Gasteiger partial charge is 0.329 e. The number of aromatic amines is 1. The number of hydrogen-bond donors (Lipinski definition) is 1. The van der Waals surface area contributed by atoms with Crippen molar-refractivity contribution >= 4 is 12.2 Å². The van der Waals surface area contributed by atoms with Crippen LogP contribution < -0.4 is 9.30 Å². The summed E-state index contributed by atoms with van der Waals surface area (Å²) < 4.78 is 9.99. The third kappa shape index (κ3) is 2.93. The van der Waals surface area contributed by atoms with E-state index in [1.165, 1.54) is 0 Å². The molecule has 1 N–H and O–H groups in total. The van der Waals surface area contributed by atoms with Crippen molar-refractivity contribution < 1.29 is 9.30 Å². The lowest BCUT2D eigenvalue weighted by atomic mass is 10.2. The van der Waals surface area contributed by atoms with E-state index in [1.807, 2.05) is 94.2 Å². The molecule has 0 aliphatic heterocycles. The van der Waals surface area contributed by atoms with Gasteiger partial charge < -0.3 is 4.74 Å². The summed E-state index contributed by atoms with van der Waals surface area (Å²) in [6.45, 7) is 0. The number of hydrogen-bond acceptors (Lipinski definition) is 2. The molecule has 128 valence electrons. The molecule has 0 aliphatic carbocycles. The third-order valence-electron chi connectivity index (χ3n) is 4.21. The Morgan fingerprint density at radius 1 is 0.846 bits per heavy atom. The molecule has 26 heavy (non-hydrogen) atoms. The van der Waals surface area contributed by atoms with Gasteiger partial charge in [-0.05, 0) is 60.7 Å². The lowest BCUT2D eigenvalue weighted by Crippen LogP contribution is -2.33. The molecule has 0 spiro atoms. The number of rotatable bonds is 4. The van der Waals surface area contributed by atoms with Crippen LogP contribution in [-0.4, -0.2) is 16.9 Å². The van der Waals surface area contributed by atoms with E-state index in [0.717, 1.165) is 28.5 Å². The van der Waals surface area contributed by atoms with E-state index in [0.29, 0.717) is 4.77 Å². The van der Waals surface area contributed by atoms with Gasteiger partial charge in [-0.3, -0.25) is 0 Å². The Morgan fingerprint density at radius 2 is 1.46 bits per heavy atom. The Bertz CT molecular complexity index is 1070. The quantitative estimate of drug-likeness (QED) is 0.430. The molecule has 0 aliphatic rings. The van der Waals surface area contributed by atoms with Crippen LogP contribution in [0, 0.1) is 4.77 Å². The maximum Gasteiger partial charge on any atom is 0.329 e. The van der Waals surface area contributed by atoms with E-state index in [1.54, 1.807) is 7.11 Å². The van der Waals surface area contributed by atoms with E-state index in [2.05, 4.69) is 5.10 Å². The van der Waals surface area contributed by atoms with Gasteiger partial charge in [0.1, 0.15) is 17.1 Å². The highest BCUT2D eigenvalue weighted by Gasteiger charge is 2.24. The summed E-state index contributed by atoms with van der Waals surface area (Å²) in [6, 6.07) is 28.2. The van der Waals surface area contributed by atoms with Gasteiger partial charge in [0.15, 0.2) is 0 Å². The van der Waals surface area contributed by atoms with Gasteiger partial charge in [0.25, 0.3) is 5.82 Å². The van der Waals surface area contributed by atoms with Crippen LogP contribution in [0.4, 0.5) is 0 Å². The Kier molecular flexibility index (Phi) is 4.37. The van der Waals surface area contributed by atoms with E-state index >= 15 is 0 Å². The lowest BCUT2D eigenvalue weighted by molar-refractivity contribution is -0.591. The highest BCUT2D eigenvalue weighted by atomic mass is 32.1. The molecule has 4 aromatic rings. The summed E-state index contributed by atoms with van der Waals surface area (Å²) in [6.07, 6.45) is 0. The molecule has 0 atom stereocenters. The largest absolute Gasteiger partial charge is 0.497 e. The zero-order valence-electron chi connectivity index (χ0n) is 14.3. The SMILES string of the molecule is COc1ccc(-c2n(-c3ccccc3)[nH]c(=S)[n+]2-c2ccccc2)cc1. The van der Waals surface area contributed by atoms with Gasteiger partial charge in [0.2, 0.25) is 0 Å². The number of nitrogens with one attached hydrogen (secondary N) is 1. The molecule has 0 bridgehead atoms. The van der Waals surface area contributed by atoms with E-state index in [4.69, 9.17) is 17.0 Å². The average molecular weight is 360 g/mol. The van der Waals surface area contributed by atoms with Gasteiger partial charge in [-0.1, -0.05) is 36.4 Å². The highest BCUT2D eigenvalue weighted by Crippen LogP contribution is 2.23. The fourth-order valence-electron chi connectivity index (χ4n) is 2.97. The van der Waals surface area contributed by atoms with Crippen molar-refractivity contribution in [3.63, 3.8) is 0 Å². The van der Waals surface area contributed by atoms with Crippen LogP contribution in [0.2, 0.25) is 0 Å². The van der Waals surface area contributed by atoms with E-state index in [-0.39, 0.29) is 0 Å². The fraction of sp³-hybridized carbons (Fsp3) is 0.0476. The first-order chi connectivity index (χ1) is 12.8. The van der Waals surface area contributed by atoms with Gasteiger partial charge in [-0.2, -0.15) is 4.57 Å². The predicted molar refractivity (Wildman–Crippen MR) is 104 cm³/mol. The van der Waals surface area contributed by atoms with Crippen molar-refractivity contribution in [2.45, 2.75) is 0 Å². The van der Waals surface area contributed by atoms with Crippen molar-refractivity contribution in [1.29, 1.82) is 0 Å². The molecule has 0 saturated carbocycles. The molecule has 1 aromatic heterocycles. The van der Waals surface area contributed by atoms with Crippen LogP contribution in [0.5, 0.6) is 5.75 Å². The molecule has 0 amide bonds. The first kappa shape index (κ1) is 16.3. The molecular weight excluding hydrogens is 342 g/mol. The highest BCUT2D eigenvalue weighted by molar-refractivity contribution is 7.71. The zero-order chi connectivity index (χ0) is 17.9. The third-order valence-corrected chi connectivity index (χ3v) is 4.49. The van der Waals surface area contributed by atoms with Gasteiger partial charge in [0, 0.05) is 0 Å². The minimum Gasteiger partial charge on any atom is -0.497 e. The molecular formula is C21H18N3OS+. The minimum absolute atomic E-state index is 0.630. The van der Waals surface area contributed by atoms with Crippen LogP contribution >= 0.6 is 12.2 Å². The predicted octanol–water partition coefficient (Wildman–Crippen LogP) is 4.49. The Hall–Kier alpha value is -3.18. The second-order valence-electron chi connectivity index (χ2n) is 5.81. The van der Waals surface area contributed by atoms with Crippen LogP contribution in [0.3, 0.4) is 0 Å². The summed E-state index contributed by atoms with van der Waals surface area (Å²) in [7, 11) is 1.67. The van der Waals surface area contributed by atoms with Crippen molar-refractivity contribution in [3.8, 4) is 28.5 Å². The van der Waals surface area contributed by atoms with Crippen molar-refractivity contribution in [1.82, 2.24) is 9.78 Å². The Balaban J connectivity index is 2.00. The molecule has 3 aromatic carbocycles. The maximum absolute atomic E-state index is 5.65. The molecule has 0 radical (unpaired) electrons. The molecule has 0 fully saturated rings. The van der Waals surface area contributed by atoms with E-state index in [9.17, 15) is 0 Å². The number of para-hydroxylation sites is 2. The van der Waals surface area contributed by atoms with Crippen LogP contribution in [-0.2, 0) is 0 Å². The summed E-state index contributed by atoms with van der Waals surface area (Å²) >= 11 is 5.65. The molecule has 0 unspecified atom stereocenters. The number of aromatic nitrogens is 3. The number of ether oxygens (including phenoxy) is 1. The van der Waals surface area contributed by atoms with Gasteiger partial charge >= 0.3 is 4.77 Å². The van der Waals surface area contributed by atoms with Crippen molar-refractivity contribution in [3.05, 3.63) is 89.7 Å². The van der Waals surface area contributed by atoms with Crippen molar-refractivity contribution in [2.24, 2.45) is 0 Å². The van der Waals surface area contributed by atoms with Crippen LogP contribution in [0.1, 0.15) is 0 Å². The summed E-state index contributed by atoms with van der Waals surface area (Å²) in [5.41, 5.74) is 3.05. The molecule has 0 saturated heterocycles. The Labute approximate surface area is 156 Å². The molecule has 4 rings (SSSR count). The normalized spacial score (nSPS) is 10.7. The maximum atomic E-state index is 5.65. The summed E-state index contributed by atoms with van der Waals surface area (Å²) in [5.74, 6) is 1.77. The Morgan fingerprint density at radius 3 is 2.08 bits per heavy atom. The number of nitrogens with zero attached hydrogens (tertiary/aromatic N) is 2. The van der Waals surface area contributed by atoms with Gasteiger partial charge in [-0.15, -0.1) is 9.78 Å². The van der Waals surface area contributed by atoms with Gasteiger partial charge in [0.05, 0.1) is 12.7 Å². The van der Waals surface area contributed by atoms with Crippen LogP contribution in [0.15, 0.2) is 84.9 Å². The minimum atomic E-state index is 0.630. The monoisotopic (exact) mass is 360 g/mol. The number of methoxy groups -OCH3 is 1. The summed E-state index contributed by atoms with van der Waals surface area (Å²) in [4.78, 5) is 0. The van der Waals surface area contributed by atoms with Crippen LogP contribution in [0.25, 0.3) is 22.8 Å². The first-order valence-corrected chi connectivity index (χ1v) is 8.71. The molecule has 1 heterocycles. The second kappa shape index (κ2) is 6.98. The average Bonchev–Trinajstić information content (AvgIpc) is 3.06.